The summed E-state index contributed by atoms with van der Waals surface area (Å²) in [6.07, 6.45) is 1.29. The molecular formula is C8H5BrFN3O. The molecule has 0 aliphatic carbocycles. The van der Waals surface area contributed by atoms with E-state index in [1.54, 1.807) is 0 Å². The highest BCUT2D eigenvalue weighted by molar-refractivity contribution is 9.10. The Kier molecular flexibility index (Phi) is 2.20. The average molecular weight is 258 g/mol. The number of hydrogen-bond donors (Lipinski definition) is 1. The topological polar surface area (TPSA) is 50.7 Å². The van der Waals surface area contributed by atoms with Gasteiger partial charge in [-0.1, -0.05) is 0 Å². The summed E-state index contributed by atoms with van der Waals surface area (Å²) in [4.78, 5) is 11.2. The molecule has 0 aliphatic rings. The highest BCUT2D eigenvalue weighted by Gasteiger charge is 2.06. The molecule has 0 amide bonds. The van der Waals surface area contributed by atoms with E-state index in [4.69, 9.17) is 0 Å². The lowest BCUT2D eigenvalue weighted by atomic mass is 10.3. The van der Waals surface area contributed by atoms with E-state index < -0.39 is 11.5 Å². The summed E-state index contributed by atoms with van der Waals surface area (Å²) >= 11 is 3.22. The molecule has 72 valence electrons. The van der Waals surface area contributed by atoms with Crippen molar-refractivity contribution in [1.82, 2.24) is 14.8 Å². The van der Waals surface area contributed by atoms with Crippen LogP contribution in [0.4, 0.5) is 4.39 Å². The van der Waals surface area contributed by atoms with Gasteiger partial charge in [0.2, 0.25) is 0 Å². The number of aromatic amines is 1. The summed E-state index contributed by atoms with van der Waals surface area (Å²) in [5.41, 5.74) is 0.0139. The van der Waals surface area contributed by atoms with Crippen LogP contribution in [0.15, 0.2) is 33.8 Å². The van der Waals surface area contributed by atoms with Gasteiger partial charge in [-0.3, -0.25) is 0 Å². The minimum atomic E-state index is -0.406. The summed E-state index contributed by atoms with van der Waals surface area (Å²) in [6, 6.07) is 4.09. The zero-order valence-corrected chi connectivity index (χ0v) is 8.45. The van der Waals surface area contributed by atoms with Gasteiger partial charge in [0.25, 0.3) is 0 Å². The van der Waals surface area contributed by atoms with Crippen LogP contribution < -0.4 is 5.69 Å². The maximum atomic E-state index is 12.9. The van der Waals surface area contributed by atoms with Gasteiger partial charge in [0.05, 0.1) is 5.69 Å². The largest absolute Gasteiger partial charge is 0.347 e. The second kappa shape index (κ2) is 3.38. The molecule has 1 aromatic heterocycles. The minimum absolute atomic E-state index is 0.406. The van der Waals surface area contributed by atoms with Gasteiger partial charge in [-0.05, 0) is 34.1 Å². The van der Waals surface area contributed by atoms with E-state index in [9.17, 15) is 9.18 Å². The average Bonchev–Trinajstić information content (AvgIpc) is 2.56. The summed E-state index contributed by atoms with van der Waals surface area (Å²) in [5, 5.41) is 5.78. The van der Waals surface area contributed by atoms with Crippen molar-refractivity contribution in [3.8, 4) is 5.69 Å². The van der Waals surface area contributed by atoms with E-state index in [0.29, 0.717) is 10.2 Å². The van der Waals surface area contributed by atoms with Crippen LogP contribution >= 0.6 is 15.9 Å². The lowest BCUT2D eigenvalue weighted by Crippen LogP contribution is -2.14. The fraction of sp³-hybridized carbons (Fsp3) is 0. The Hall–Kier alpha value is -1.43. The fourth-order valence-electron chi connectivity index (χ4n) is 1.09. The number of nitrogens with zero attached hydrogens (tertiary/aromatic N) is 2. The van der Waals surface area contributed by atoms with E-state index >= 15 is 0 Å². The van der Waals surface area contributed by atoms with Crippen molar-refractivity contribution in [1.29, 1.82) is 0 Å². The Morgan fingerprint density at radius 3 is 2.93 bits per heavy atom. The molecular weight excluding hydrogens is 253 g/mol. The molecule has 1 heterocycles. The van der Waals surface area contributed by atoms with Crippen LogP contribution in [0.2, 0.25) is 0 Å². The van der Waals surface area contributed by atoms with Crippen LogP contribution in [0.25, 0.3) is 5.69 Å². The fourth-order valence-corrected chi connectivity index (χ4v) is 1.53. The summed E-state index contributed by atoms with van der Waals surface area (Å²) in [7, 11) is 0. The number of H-pyrrole nitrogens is 1. The quantitative estimate of drug-likeness (QED) is 0.841. The summed E-state index contributed by atoms with van der Waals surface area (Å²) < 4.78 is 14.7. The number of rotatable bonds is 1. The highest BCUT2D eigenvalue weighted by atomic mass is 79.9. The predicted molar refractivity (Wildman–Crippen MR) is 51.8 cm³/mol. The SMILES string of the molecule is O=c1[nH]ncn1-c1cc(F)ccc1Br. The number of benzene rings is 1. The normalized spacial score (nSPS) is 10.4. The second-order valence-electron chi connectivity index (χ2n) is 2.63. The summed E-state index contributed by atoms with van der Waals surface area (Å²) in [5.74, 6) is -0.406. The van der Waals surface area contributed by atoms with Crippen molar-refractivity contribution < 1.29 is 4.39 Å². The van der Waals surface area contributed by atoms with E-state index in [1.165, 1.54) is 29.1 Å². The van der Waals surface area contributed by atoms with Crippen molar-refractivity contribution in [3.05, 3.63) is 45.3 Å². The molecule has 0 saturated carbocycles. The molecule has 4 nitrogen and oxygen atoms in total. The van der Waals surface area contributed by atoms with Crippen molar-refractivity contribution in [2.75, 3.05) is 0 Å². The van der Waals surface area contributed by atoms with Crippen molar-refractivity contribution in [2.24, 2.45) is 0 Å². The molecule has 2 aromatic rings. The Balaban J connectivity index is 2.68. The zero-order valence-electron chi connectivity index (χ0n) is 6.87. The molecule has 0 aliphatic heterocycles. The third-order valence-corrected chi connectivity index (χ3v) is 2.39. The third-order valence-electron chi connectivity index (χ3n) is 1.72. The molecule has 0 fully saturated rings. The number of nitrogens with one attached hydrogen (secondary N) is 1. The molecule has 0 atom stereocenters. The monoisotopic (exact) mass is 257 g/mol. The van der Waals surface area contributed by atoms with Gasteiger partial charge in [-0.2, -0.15) is 5.10 Å². The van der Waals surface area contributed by atoms with E-state index in [-0.39, 0.29) is 0 Å². The molecule has 1 N–H and O–H groups in total. The van der Waals surface area contributed by atoms with Gasteiger partial charge >= 0.3 is 5.69 Å². The smallest absolute Gasteiger partial charge is 0.249 e. The van der Waals surface area contributed by atoms with Crippen LogP contribution in [0.1, 0.15) is 0 Å². The van der Waals surface area contributed by atoms with Crippen LogP contribution in [-0.4, -0.2) is 14.8 Å². The molecule has 0 spiro atoms. The second-order valence-corrected chi connectivity index (χ2v) is 3.48. The van der Waals surface area contributed by atoms with Gasteiger partial charge in [0.1, 0.15) is 12.1 Å². The van der Waals surface area contributed by atoms with E-state index in [1.807, 2.05) is 0 Å². The lowest BCUT2D eigenvalue weighted by Gasteiger charge is -2.02. The number of aromatic nitrogens is 3. The maximum Gasteiger partial charge on any atom is 0.347 e. The standard InChI is InChI=1S/C8H5BrFN3O/c9-6-2-1-5(10)3-7(6)13-4-11-12-8(13)14/h1-4H,(H,12,14). The number of hydrogen-bond acceptors (Lipinski definition) is 2. The Bertz CT molecular complexity index is 519. The molecule has 0 radical (unpaired) electrons. The van der Waals surface area contributed by atoms with Gasteiger partial charge in [0, 0.05) is 4.47 Å². The van der Waals surface area contributed by atoms with Crippen LogP contribution in [0, 0.1) is 5.82 Å². The molecule has 0 unspecified atom stereocenters. The van der Waals surface area contributed by atoms with Gasteiger partial charge in [-0.25, -0.2) is 18.9 Å². The molecule has 2 rings (SSSR count). The van der Waals surface area contributed by atoms with Crippen LogP contribution in [0.3, 0.4) is 0 Å². The maximum absolute atomic E-state index is 12.9. The molecule has 1 aromatic carbocycles. The number of halogens is 2. The minimum Gasteiger partial charge on any atom is -0.249 e. The van der Waals surface area contributed by atoms with E-state index in [2.05, 4.69) is 26.1 Å². The van der Waals surface area contributed by atoms with Crippen LogP contribution in [-0.2, 0) is 0 Å². The Morgan fingerprint density at radius 2 is 2.29 bits per heavy atom. The molecule has 0 bridgehead atoms. The third kappa shape index (κ3) is 1.48. The van der Waals surface area contributed by atoms with Crippen LogP contribution in [0.5, 0.6) is 0 Å². The Morgan fingerprint density at radius 1 is 1.50 bits per heavy atom. The van der Waals surface area contributed by atoms with Gasteiger partial charge in [-0.15, -0.1) is 0 Å². The first kappa shape index (κ1) is 9.14. The van der Waals surface area contributed by atoms with Gasteiger partial charge in [0.15, 0.2) is 0 Å². The van der Waals surface area contributed by atoms with E-state index in [0.717, 1.165) is 0 Å². The molecule has 0 saturated heterocycles. The molecule has 14 heavy (non-hydrogen) atoms. The van der Waals surface area contributed by atoms with Crippen molar-refractivity contribution >= 4 is 15.9 Å². The highest BCUT2D eigenvalue weighted by Crippen LogP contribution is 2.20. The molecule has 6 heteroatoms. The first-order chi connectivity index (χ1) is 6.68. The first-order valence-corrected chi connectivity index (χ1v) is 4.55. The Labute approximate surface area is 86.5 Å². The van der Waals surface area contributed by atoms with Crippen molar-refractivity contribution in [2.45, 2.75) is 0 Å². The van der Waals surface area contributed by atoms with Gasteiger partial charge < -0.3 is 0 Å². The summed E-state index contributed by atoms with van der Waals surface area (Å²) in [6.45, 7) is 0. The van der Waals surface area contributed by atoms with Crippen molar-refractivity contribution in [3.63, 3.8) is 0 Å². The predicted octanol–water partition coefficient (Wildman–Crippen LogP) is 1.46. The first-order valence-electron chi connectivity index (χ1n) is 3.76. The lowest BCUT2D eigenvalue weighted by molar-refractivity contribution is 0.626. The zero-order chi connectivity index (χ0) is 10.1.